The van der Waals surface area contributed by atoms with Crippen LogP contribution in [0, 0.1) is 0 Å². The second-order valence-corrected chi connectivity index (χ2v) is 9.17. The van der Waals surface area contributed by atoms with Crippen molar-refractivity contribution in [3.63, 3.8) is 0 Å². The lowest BCUT2D eigenvalue weighted by Crippen LogP contribution is -2.25. The van der Waals surface area contributed by atoms with Crippen LogP contribution in [0.3, 0.4) is 0 Å². The van der Waals surface area contributed by atoms with Crippen LogP contribution < -0.4 is 4.72 Å². The van der Waals surface area contributed by atoms with E-state index in [0.29, 0.717) is 6.42 Å². The van der Waals surface area contributed by atoms with Crippen LogP contribution in [-0.2, 0) is 27.7 Å². The highest BCUT2D eigenvalue weighted by Gasteiger charge is 2.28. The number of nitrogens with one attached hydrogen (secondary N) is 1. The van der Waals surface area contributed by atoms with Crippen molar-refractivity contribution in [3.8, 4) is 11.1 Å². The van der Waals surface area contributed by atoms with Crippen molar-refractivity contribution in [1.82, 2.24) is 4.72 Å². The first kappa shape index (κ1) is 19.6. The van der Waals surface area contributed by atoms with E-state index < -0.39 is 10.0 Å². The molecule has 1 aliphatic carbocycles. The van der Waals surface area contributed by atoms with Gasteiger partial charge in [-0.15, -0.1) is 0 Å². The normalized spacial score (nSPS) is 13.9. The topological polar surface area (TPSA) is 63.2 Å². The van der Waals surface area contributed by atoms with Crippen LogP contribution in [0.15, 0.2) is 83.8 Å². The summed E-state index contributed by atoms with van der Waals surface area (Å²) in [5.41, 5.74) is 3.54. The van der Waals surface area contributed by atoms with E-state index in [-0.39, 0.29) is 23.1 Å². The highest BCUT2D eigenvalue weighted by atomic mass is 32.2. The Morgan fingerprint density at radius 3 is 2.17 bits per heavy atom. The maximum atomic E-state index is 12.7. The maximum Gasteiger partial charge on any atom is 0.240 e. The van der Waals surface area contributed by atoms with Gasteiger partial charge >= 0.3 is 0 Å². The molecule has 29 heavy (non-hydrogen) atoms. The van der Waals surface area contributed by atoms with Crippen LogP contribution in [0.5, 0.6) is 0 Å². The SMILES string of the molecule is O=C(Cc1ccccc1)Cc1cc(S(=O)(=O)NC2CC2)ccc1-c1ccccc1. The number of Topliss-reactive ketones (excluding diaryl/α,β-unsaturated/α-hetero) is 1. The molecule has 0 bridgehead atoms. The molecule has 0 aliphatic heterocycles. The van der Waals surface area contributed by atoms with E-state index in [1.807, 2.05) is 66.7 Å². The third-order valence-corrected chi connectivity index (χ3v) is 6.52. The minimum atomic E-state index is -3.57. The predicted molar refractivity (Wildman–Crippen MR) is 114 cm³/mol. The molecule has 0 unspecified atom stereocenters. The van der Waals surface area contributed by atoms with Crippen LogP contribution in [0.4, 0.5) is 0 Å². The first-order chi connectivity index (χ1) is 14.0. The first-order valence-electron chi connectivity index (χ1n) is 9.77. The number of sulfonamides is 1. The highest BCUT2D eigenvalue weighted by Crippen LogP contribution is 2.28. The van der Waals surface area contributed by atoms with Crippen LogP contribution in [-0.4, -0.2) is 20.2 Å². The van der Waals surface area contributed by atoms with Crippen molar-refractivity contribution in [1.29, 1.82) is 0 Å². The number of rotatable bonds is 8. The zero-order valence-corrected chi connectivity index (χ0v) is 16.9. The minimum Gasteiger partial charge on any atom is -0.299 e. The summed E-state index contributed by atoms with van der Waals surface area (Å²) in [6, 6.07) is 24.5. The summed E-state index contributed by atoms with van der Waals surface area (Å²) in [4.78, 5) is 13.0. The van der Waals surface area contributed by atoms with Crippen molar-refractivity contribution in [2.24, 2.45) is 0 Å². The fourth-order valence-corrected chi connectivity index (χ4v) is 4.73. The Morgan fingerprint density at radius 1 is 0.862 bits per heavy atom. The summed E-state index contributed by atoms with van der Waals surface area (Å²) in [6.45, 7) is 0. The van der Waals surface area contributed by atoms with E-state index in [0.717, 1.165) is 35.1 Å². The first-order valence-corrected chi connectivity index (χ1v) is 11.3. The molecule has 1 saturated carbocycles. The molecule has 5 heteroatoms. The number of ketones is 1. The molecule has 1 N–H and O–H groups in total. The highest BCUT2D eigenvalue weighted by molar-refractivity contribution is 7.89. The summed E-state index contributed by atoms with van der Waals surface area (Å²) in [6.07, 6.45) is 2.27. The zero-order valence-electron chi connectivity index (χ0n) is 16.0. The number of hydrogen-bond donors (Lipinski definition) is 1. The number of carbonyl (C=O) groups is 1. The minimum absolute atomic E-state index is 0.0389. The molecule has 0 aromatic heterocycles. The monoisotopic (exact) mass is 405 g/mol. The lowest BCUT2D eigenvalue weighted by molar-refractivity contribution is -0.117. The van der Waals surface area contributed by atoms with Gasteiger partial charge in [0.1, 0.15) is 5.78 Å². The van der Waals surface area contributed by atoms with Crippen molar-refractivity contribution in [2.75, 3.05) is 0 Å². The van der Waals surface area contributed by atoms with E-state index in [9.17, 15) is 13.2 Å². The fraction of sp³-hybridized carbons (Fsp3) is 0.208. The molecule has 3 aromatic rings. The van der Waals surface area contributed by atoms with Crippen LogP contribution >= 0.6 is 0 Å². The third kappa shape index (κ3) is 5.00. The molecule has 0 spiro atoms. The molecule has 4 rings (SSSR count). The molecular weight excluding hydrogens is 382 g/mol. The summed E-state index contributed by atoms with van der Waals surface area (Å²) in [7, 11) is -3.57. The van der Waals surface area contributed by atoms with Gasteiger partial charge in [-0.3, -0.25) is 4.79 Å². The largest absolute Gasteiger partial charge is 0.299 e. The summed E-state index contributed by atoms with van der Waals surface area (Å²) < 4.78 is 28.0. The lowest BCUT2D eigenvalue weighted by atomic mass is 9.95. The molecule has 0 saturated heterocycles. The quantitative estimate of drug-likeness (QED) is 0.612. The molecule has 0 heterocycles. The average Bonchev–Trinajstić information content (AvgIpc) is 3.52. The standard InChI is InChI=1S/C24H23NO3S/c26-22(15-18-7-3-1-4-8-18)16-20-17-23(29(27,28)25-21-11-12-21)13-14-24(20)19-9-5-2-6-10-19/h1-10,13-14,17,21,25H,11-12,15-16H2. The van der Waals surface area contributed by atoms with Gasteiger partial charge in [-0.25, -0.2) is 13.1 Å². The van der Waals surface area contributed by atoms with Crippen molar-refractivity contribution >= 4 is 15.8 Å². The van der Waals surface area contributed by atoms with E-state index in [4.69, 9.17) is 0 Å². The zero-order chi connectivity index (χ0) is 20.3. The number of hydrogen-bond acceptors (Lipinski definition) is 3. The Morgan fingerprint density at radius 2 is 1.52 bits per heavy atom. The van der Waals surface area contributed by atoms with Gasteiger partial charge < -0.3 is 0 Å². The summed E-state index contributed by atoms with van der Waals surface area (Å²) in [5.74, 6) is 0.0538. The van der Waals surface area contributed by atoms with E-state index >= 15 is 0 Å². The molecule has 3 aromatic carbocycles. The van der Waals surface area contributed by atoms with Crippen LogP contribution in [0.1, 0.15) is 24.0 Å². The second kappa shape index (κ2) is 8.31. The van der Waals surface area contributed by atoms with Gasteiger partial charge in [0.15, 0.2) is 0 Å². The van der Waals surface area contributed by atoms with E-state index in [1.165, 1.54) is 0 Å². The van der Waals surface area contributed by atoms with Gasteiger partial charge in [0.05, 0.1) is 4.90 Å². The Bertz CT molecular complexity index is 1110. The molecule has 4 nitrogen and oxygen atoms in total. The van der Waals surface area contributed by atoms with Crippen molar-refractivity contribution in [3.05, 3.63) is 90.0 Å². The average molecular weight is 406 g/mol. The molecule has 0 atom stereocenters. The Balaban J connectivity index is 1.66. The van der Waals surface area contributed by atoms with Crippen LogP contribution in [0.25, 0.3) is 11.1 Å². The molecule has 1 aliphatic rings. The fourth-order valence-electron chi connectivity index (χ4n) is 3.37. The Labute approximate surface area is 171 Å². The van der Waals surface area contributed by atoms with Crippen molar-refractivity contribution in [2.45, 2.75) is 36.6 Å². The second-order valence-electron chi connectivity index (χ2n) is 7.46. The third-order valence-electron chi connectivity index (χ3n) is 5.00. The molecule has 0 radical (unpaired) electrons. The van der Waals surface area contributed by atoms with E-state index in [1.54, 1.807) is 12.1 Å². The summed E-state index contributed by atoms with van der Waals surface area (Å²) >= 11 is 0. The van der Waals surface area contributed by atoms with Gasteiger partial charge in [-0.2, -0.15) is 0 Å². The Hall–Kier alpha value is -2.76. The van der Waals surface area contributed by atoms with Gasteiger partial charge in [0.2, 0.25) is 10.0 Å². The molecule has 148 valence electrons. The van der Waals surface area contributed by atoms with Crippen LogP contribution in [0.2, 0.25) is 0 Å². The van der Waals surface area contributed by atoms with Gasteiger partial charge in [0.25, 0.3) is 0 Å². The molecule has 0 amide bonds. The van der Waals surface area contributed by atoms with Gasteiger partial charge in [-0.1, -0.05) is 66.7 Å². The van der Waals surface area contributed by atoms with E-state index in [2.05, 4.69) is 4.72 Å². The predicted octanol–water partition coefficient (Wildman–Crippen LogP) is 4.15. The van der Waals surface area contributed by atoms with Gasteiger partial charge in [0, 0.05) is 18.9 Å². The van der Waals surface area contributed by atoms with Crippen molar-refractivity contribution < 1.29 is 13.2 Å². The smallest absolute Gasteiger partial charge is 0.240 e. The molecule has 1 fully saturated rings. The lowest BCUT2D eigenvalue weighted by Gasteiger charge is -2.13. The maximum absolute atomic E-state index is 12.7. The number of carbonyl (C=O) groups excluding carboxylic acids is 1. The summed E-state index contributed by atoms with van der Waals surface area (Å²) in [5, 5.41) is 0. The Kier molecular flexibility index (Phi) is 5.60. The molecular formula is C24H23NO3S. The number of benzene rings is 3. The van der Waals surface area contributed by atoms with Gasteiger partial charge in [-0.05, 0) is 47.2 Å².